The fourth-order valence-corrected chi connectivity index (χ4v) is 1.78. The molecule has 1 aromatic heterocycles. The maximum absolute atomic E-state index is 5.71. The summed E-state index contributed by atoms with van der Waals surface area (Å²) in [5.74, 6) is 1.55. The van der Waals surface area contributed by atoms with E-state index in [4.69, 9.17) is 9.47 Å². The molecule has 5 nitrogen and oxygen atoms in total. The Kier molecular flexibility index (Phi) is 8.71. The van der Waals surface area contributed by atoms with E-state index in [0.717, 1.165) is 50.2 Å². The lowest BCUT2D eigenvalue weighted by Gasteiger charge is -2.13. The molecule has 0 saturated carbocycles. The van der Waals surface area contributed by atoms with Crippen molar-refractivity contribution in [3.05, 3.63) is 11.9 Å². The fourth-order valence-electron chi connectivity index (χ4n) is 1.78. The number of nitrogens with zero attached hydrogens (tertiary/aromatic N) is 2. The van der Waals surface area contributed by atoms with Crippen LogP contribution in [0, 0.1) is 0 Å². The van der Waals surface area contributed by atoms with Gasteiger partial charge in [-0.15, -0.1) is 0 Å². The molecule has 0 saturated heterocycles. The molecular weight excluding hydrogens is 254 g/mol. The standard InChI is InChI=1S/C15H27N3O2/c1-4-7-9-19-10-11-20-15-13(6-3)14(16-8-5-2)17-12-18-15/h12H,4-11H2,1-3H3,(H,16,17,18). The van der Waals surface area contributed by atoms with Crippen LogP contribution in [0.2, 0.25) is 0 Å². The maximum Gasteiger partial charge on any atom is 0.221 e. The van der Waals surface area contributed by atoms with Gasteiger partial charge in [0.2, 0.25) is 5.88 Å². The average Bonchev–Trinajstić information content (AvgIpc) is 2.48. The van der Waals surface area contributed by atoms with Crippen molar-refractivity contribution in [1.82, 2.24) is 9.97 Å². The van der Waals surface area contributed by atoms with Crippen LogP contribution in [0.25, 0.3) is 0 Å². The Morgan fingerprint density at radius 2 is 1.90 bits per heavy atom. The molecule has 0 fully saturated rings. The van der Waals surface area contributed by atoms with Crippen molar-refractivity contribution in [2.75, 3.05) is 31.7 Å². The van der Waals surface area contributed by atoms with E-state index in [1.807, 2.05) is 0 Å². The van der Waals surface area contributed by atoms with Crippen molar-refractivity contribution in [1.29, 1.82) is 0 Å². The third-order valence-corrected chi connectivity index (χ3v) is 2.91. The van der Waals surface area contributed by atoms with E-state index in [2.05, 4.69) is 36.1 Å². The number of anilines is 1. The summed E-state index contributed by atoms with van der Waals surface area (Å²) in [5.41, 5.74) is 1.04. The van der Waals surface area contributed by atoms with Gasteiger partial charge in [-0.1, -0.05) is 27.2 Å². The second-order valence-corrected chi connectivity index (χ2v) is 4.60. The number of rotatable bonds is 11. The number of hydrogen-bond acceptors (Lipinski definition) is 5. The number of nitrogens with one attached hydrogen (secondary N) is 1. The Morgan fingerprint density at radius 3 is 2.60 bits per heavy atom. The third kappa shape index (κ3) is 5.74. The van der Waals surface area contributed by atoms with E-state index in [0.29, 0.717) is 19.1 Å². The largest absolute Gasteiger partial charge is 0.475 e. The molecule has 0 aromatic carbocycles. The van der Waals surface area contributed by atoms with Crippen LogP contribution in [0.5, 0.6) is 5.88 Å². The second kappa shape index (κ2) is 10.4. The average molecular weight is 281 g/mol. The van der Waals surface area contributed by atoms with E-state index in [-0.39, 0.29) is 0 Å². The molecular formula is C15H27N3O2. The minimum atomic E-state index is 0.529. The SMILES string of the molecule is CCCCOCCOc1ncnc(NCCC)c1CC. The molecule has 114 valence electrons. The van der Waals surface area contributed by atoms with Crippen LogP contribution in [0.1, 0.15) is 45.6 Å². The third-order valence-electron chi connectivity index (χ3n) is 2.91. The van der Waals surface area contributed by atoms with Crippen molar-refractivity contribution < 1.29 is 9.47 Å². The highest BCUT2D eigenvalue weighted by molar-refractivity contribution is 5.48. The van der Waals surface area contributed by atoms with Crippen molar-refractivity contribution in [3.63, 3.8) is 0 Å². The molecule has 0 aliphatic rings. The van der Waals surface area contributed by atoms with Crippen LogP contribution in [0.15, 0.2) is 6.33 Å². The van der Waals surface area contributed by atoms with Crippen molar-refractivity contribution in [2.24, 2.45) is 0 Å². The maximum atomic E-state index is 5.71. The molecule has 1 N–H and O–H groups in total. The predicted octanol–water partition coefficient (Wildman–Crippen LogP) is 3.06. The highest BCUT2D eigenvalue weighted by Crippen LogP contribution is 2.22. The summed E-state index contributed by atoms with van der Waals surface area (Å²) in [7, 11) is 0. The van der Waals surface area contributed by atoms with Gasteiger partial charge in [0.05, 0.1) is 12.2 Å². The molecule has 5 heteroatoms. The van der Waals surface area contributed by atoms with Gasteiger partial charge in [0, 0.05) is 13.2 Å². The molecule has 0 aliphatic carbocycles. The summed E-state index contributed by atoms with van der Waals surface area (Å²) in [5, 5.41) is 3.31. The van der Waals surface area contributed by atoms with E-state index in [1.54, 1.807) is 6.33 Å². The van der Waals surface area contributed by atoms with Gasteiger partial charge in [-0.25, -0.2) is 9.97 Å². The Morgan fingerprint density at radius 1 is 1.05 bits per heavy atom. The quantitative estimate of drug-likeness (QED) is 0.632. The monoisotopic (exact) mass is 281 g/mol. The molecule has 0 amide bonds. The van der Waals surface area contributed by atoms with Gasteiger partial charge < -0.3 is 14.8 Å². The van der Waals surface area contributed by atoms with Crippen LogP contribution in [0.4, 0.5) is 5.82 Å². The highest BCUT2D eigenvalue weighted by atomic mass is 16.5. The van der Waals surface area contributed by atoms with E-state index < -0.39 is 0 Å². The van der Waals surface area contributed by atoms with Gasteiger partial charge in [0.1, 0.15) is 18.8 Å². The Bertz CT molecular complexity index is 372. The lowest BCUT2D eigenvalue weighted by atomic mass is 10.2. The van der Waals surface area contributed by atoms with Gasteiger partial charge in [0.25, 0.3) is 0 Å². The normalized spacial score (nSPS) is 10.6. The van der Waals surface area contributed by atoms with Gasteiger partial charge in [-0.05, 0) is 19.3 Å². The van der Waals surface area contributed by atoms with Crippen LogP contribution in [-0.2, 0) is 11.2 Å². The lowest BCUT2D eigenvalue weighted by molar-refractivity contribution is 0.0961. The van der Waals surface area contributed by atoms with E-state index in [9.17, 15) is 0 Å². The van der Waals surface area contributed by atoms with Crippen molar-refractivity contribution in [2.45, 2.75) is 46.5 Å². The van der Waals surface area contributed by atoms with E-state index >= 15 is 0 Å². The summed E-state index contributed by atoms with van der Waals surface area (Å²) < 4.78 is 11.2. The minimum absolute atomic E-state index is 0.529. The zero-order valence-electron chi connectivity index (χ0n) is 12.9. The van der Waals surface area contributed by atoms with Crippen LogP contribution < -0.4 is 10.1 Å². The summed E-state index contributed by atoms with van der Waals surface area (Å²) >= 11 is 0. The molecule has 0 spiro atoms. The molecule has 1 heterocycles. The second-order valence-electron chi connectivity index (χ2n) is 4.60. The first-order chi connectivity index (χ1) is 9.83. The molecule has 0 unspecified atom stereocenters. The molecule has 1 aromatic rings. The first-order valence-corrected chi connectivity index (χ1v) is 7.61. The molecule has 0 bridgehead atoms. The van der Waals surface area contributed by atoms with Gasteiger partial charge in [-0.2, -0.15) is 0 Å². The Labute approximate surface area is 122 Å². The molecule has 0 atom stereocenters. The number of ether oxygens (including phenoxy) is 2. The molecule has 0 radical (unpaired) electrons. The molecule has 1 rings (SSSR count). The van der Waals surface area contributed by atoms with Gasteiger partial charge in [-0.3, -0.25) is 0 Å². The number of aromatic nitrogens is 2. The summed E-state index contributed by atoms with van der Waals surface area (Å²) in [6, 6.07) is 0. The molecule has 0 aliphatic heterocycles. The Balaban J connectivity index is 2.47. The zero-order valence-corrected chi connectivity index (χ0v) is 12.9. The summed E-state index contributed by atoms with van der Waals surface area (Å²) in [4.78, 5) is 8.51. The minimum Gasteiger partial charge on any atom is -0.475 e. The number of unbranched alkanes of at least 4 members (excludes halogenated alkanes) is 1. The zero-order chi connectivity index (χ0) is 14.6. The number of hydrogen-bond donors (Lipinski definition) is 1. The van der Waals surface area contributed by atoms with Crippen molar-refractivity contribution in [3.8, 4) is 5.88 Å². The summed E-state index contributed by atoms with van der Waals surface area (Å²) in [6.07, 6.45) is 5.70. The first-order valence-electron chi connectivity index (χ1n) is 7.61. The fraction of sp³-hybridized carbons (Fsp3) is 0.733. The van der Waals surface area contributed by atoms with Gasteiger partial charge >= 0.3 is 0 Å². The smallest absolute Gasteiger partial charge is 0.221 e. The summed E-state index contributed by atoms with van der Waals surface area (Å²) in [6.45, 7) is 9.20. The van der Waals surface area contributed by atoms with Crippen LogP contribution in [0.3, 0.4) is 0 Å². The predicted molar refractivity (Wildman–Crippen MR) is 81.4 cm³/mol. The molecule has 20 heavy (non-hydrogen) atoms. The van der Waals surface area contributed by atoms with Gasteiger partial charge in [0.15, 0.2) is 0 Å². The highest BCUT2D eigenvalue weighted by Gasteiger charge is 2.10. The van der Waals surface area contributed by atoms with Crippen LogP contribution in [-0.4, -0.2) is 36.3 Å². The van der Waals surface area contributed by atoms with Crippen molar-refractivity contribution >= 4 is 5.82 Å². The van der Waals surface area contributed by atoms with E-state index in [1.165, 1.54) is 0 Å². The lowest BCUT2D eigenvalue weighted by Crippen LogP contribution is -2.12. The van der Waals surface area contributed by atoms with Crippen LogP contribution >= 0.6 is 0 Å². The Hall–Kier alpha value is -1.36. The first kappa shape index (κ1) is 16.7. The topological polar surface area (TPSA) is 56.3 Å².